The van der Waals surface area contributed by atoms with E-state index in [1.54, 1.807) is 6.20 Å². The van der Waals surface area contributed by atoms with Crippen molar-refractivity contribution in [1.29, 1.82) is 5.26 Å². The van der Waals surface area contributed by atoms with E-state index in [-0.39, 0.29) is 0 Å². The van der Waals surface area contributed by atoms with Gasteiger partial charge in [-0.25, -0.2) is 4.98 Å². The summed E-state index contributed by atoms with van der Waals surface area (Å²) in [4.78, 5) is 4.61. The second-order valence-electron chi connectivity index (χ2n) is 5.68. The van der Waals surface area contributed by atoms with Gasteiger partial charge in [0.2, 0.25) is 0 Å². The molecule has 3 nitrogen and oxygen atoms in total. The van der Waals surface area contributed by atoms with E-state index >= 15 is 0 Å². The second-order valence-corrected chi connectivity index (χ2v) is 7.45. The van der Waals surface area contributed by atoms with E-state index in [1.165, 1.54) is 16.9 Å². The fourth-order valence-corrected chi connectivity index (χ4v) is 3.39. The van der Waals surface area contributed by atoms with Gasteiger partial charge in [0.05, 0.1) is 5.69 Å². The summed E-state index contributed by atoms with van der Waals surface area (Å²) >= 11 is 4.90. The molecule has 124 valence electrons. The molecule has 0 atom stereocenters. The molecule has 1 heterocycles. The van der Waals surface area contributed by atoms with Gasteiger partial charge >= 0.3 is 0 Å². The highest BCUT2D eigenvalue weighted by molar-refractivity contribution is 9.10. The van der Waals surface area contributed by atoms with Crippen molar-refractivity contribution < 1.29 is 0 Å². The van der Waals surface area contributed by atoms with E-state index in [9.17, 15) is 5.26 Å². The quantitative estimate of drug-likeness (QED) is 0.524. The van der Waals surface area contributed by atoms with Gasteiger partial charge in [0, 0.05) is 27.3 Å². The van der Waals surface area contributed by atoms with Crippen molar-refractivity contribution in [3.05, 3.63) is 74.7 Å². The number of halogens is 1. The molecule has 0 radical (unpaired) electrons. The van der Waals surface area contributed by atoms with Gasteiger partial charge in [-0.1, -0.05) is 40.2 Å². The van der Waals surface area contributed by atoms with Crippen molar-refractivity contribution >= 4 is 38.5 Å². The summed E-state index contributed by atoms with van der Waals surface area (Å²) in [6, 6.07) is 16.4. The minimum absolute atomic E-state index is 0.522. The molecule has 0 amide bonds. The van der Waals surface area contributed by atoms with Crippen LogP contribution >= 0.6 is 27.3 Å². The fraction of sp³-hybridized carbons (Fsp3) is 0.100. The lowest BCUT2D eigenvalue weighted by Crippen LogP contribution is -1.94. The minimum atomic E-state index is 0.522. The zero-order valence-electron chi connectivity index (χ0n) is 13.9. The Labute approximate surface area is 159 Å². The Morgan fingerprint density at radius 3 is 2.68 bits per heavy atom. The number of aromatic nitrogens is 1. The third-order valence-electron chi connectivity index (χ3n) is 3.76. The molecule has 5 heteroatoms. The Hall–Kier alpha value is -2.42. The first kappa shape index (κ1) is 17.4. The summed E-state index contributed by atoms with van der Waals surface area (Å²) in [5.74, 6) is 0. The van der Waals surface area contributed by atoms with Crippen LogP contribution in [0.2, 0.25) is 0 Å². The SMILES string of the molecule is Cc1ccc(C)c(N/C=C(/C#N)c2nc(-c3ccc(Br)cc3)cs2)c1. The number of thiazole rings is 1. The Bertz CT molecular complexity index is 965. The van der Waals surface area contributed by atoms with Crippen molar-refractivity contribution in [3.8, 4) is 17.3 Å². The van der Waals surface area contributed by atoms with Gasteiger partial charge in [-0.15, -0.1) is 11.3 Å². The molecular formula is C20H16BrN3S. The Kier molecular flexibility index (Phi) is 5.32. The van der Waals surface area contributed by atoms with E-state index in [2.05, 4.69) is 50.5 Å². The summed E-state index contributed by atoms with van der Waals surface area (Å²) in [5, 5.41) is 15.4. The molecule has 3 rings (SSSR count). The largest absolute Gasteiger partial charge is 0.360 e. The van der Waals surface area contributed by atoms with Crippen LogP contribution in [-0.4, -0.2) is 4.98 Å². The third kappa shape index (κ3) is 4.16. The van der Waals surface area contributed by atoms with E-state index < -0.39 is 0 Å². The first-order valence-electron chi connectivity index (χ1n) is 7.73. The maximum atomic E-state index is 9.50. The van der Waals surface area contributed by atoms with Gasteiger partial charge in [-0.3, -0.25) is 0 Å². The zero-order valence-corrected chi connectivity index (χ0v) is 16.3. The van der Waals surface area contributed by atoms with Crippen LogP contribution in [0.5, 0.6) is 0 Å². The first-order valence-corrected chi connectivity index (χ1v) is 9.40. The smallest absolute Gasteiger partial charge is 0.136 e. The molecule has 0 saturated heterocycles. The number of allylic oxidation sites excluding steroid dienone is 1. The monoisotopic (exact) mass is 409 g/mol. The number of aryl methyl sites for hydroxylation is 2. The number of benzene rings is 2. The van der Waals surface area contributed by atoms with E-state index in [1.807, 2.05) is 43.5 Å². The van der Waals surface area contributed by atoms with Gasteiger partial charge in [0.25, 0.3) is 0 Å². The summed E-state index contributed by atoms with van der Waals surface area (Å²) in [7, 11) is 0. The molecule has 0 bridgehead atoms. The van der Waals surface area contributed by atoms with Gasteiger partial charge in [-0.2, -0.15) is 5.26 Å². The lowest BCUT2D eigenvalue weighted by Gasteiger charge is -2.06. The van der Waals surface area contributed by atoms with Crippen LogP contribution in [0.4, 0.5) is 5.69 Å². The standard InChI is InChI=1S/C20H16BrN3S/c1-13-3-4-14(2)18(9-13)23-11-16(10-22)20-24-19(12-25-20)15-5-7-17(21)8-6-15/h3-9,11-12,23H,1-2H3/b16-11-. The topological polar surface area (TPSA) is 48.7 Å². The fourth-order valence-electron chi connectivity index (χ4n) is 2.33. The lowest BCUT2D eigenvalue weighted by molar-refractivity contribution is 1.35. The minimum Gasteiger partial charge on any atom is -0.360 e. The van der Waals surface area contributed by atoms with E-state index in [4.69, 9.17) is 0 Å². The van der Waals surface area contributed by atoms with E-state index in [0.717, 1.165) is 27.0 Å². The molecule has 0 saturated carbocycles. The Balaban J connectivity index is 1.85. The average molecular weight is 410 g/mol. The number of rotatable bonds is 4. The van der Waals surface area contributed by atoms with Crippen LogP contribution in [0, 0.1) is 25.2 Å². The number of hydrogen-bond acceptors (Lipinski definition) is 4. The summed E-state index contributed by atoms with van der Waals surface area (Å²) < 4.78 is 1.03. The second kappa shape index (κ2) is 7.64. The maximum Gasteiger partial charge on any atom is 0.136 e. The molecule has 0 aliphatic carbocycles. The van der Waals surface area contributed by atoms with Crippen LogP contribution in [0.15, 0.2) is 58.5 Å². The number of anilines is 1. The number of nitrogens with zero attached hydrogens (tertiary/aromatic N) is 2. The highest BCUT2D eigenvalue weighted by atomic mass is 79.9. The predicted octanol–water partition coefficient (Wildman–Crippen LogP) is 6.17. The number of nitrogens with one attached hydrogen (secondary N) is 1. The molecule has 1 N–H and O–H groups in total. The van der Waals surface area contributed by atoms with Crippen LogP contribution in [-0.2, 0) is 0 Å². The van der Waals surface area contributed by atoms with Crippen molar-refractivity contribution in [3.63, 3.8) is 0 Å². The van der Waals surface area contributed by atoms with Crippen molar-refractivity contribution in [2.75, 3.05) is 5.32 Å². The van der Waals surface area contributed by atoms with Gasteiger partial charge in [0.1, 0.15) is 16.6 Å². The molecule has 25 heavy (non-hydrogen) atoms. The summed E-state index contributed by atoms with van der Waals surface area (Å²) in [5.41, 5.74) is 5.73. The van der Waals surface area contributed by atoms with Crippen LogP contribution in [0.1, 0.15) is 16.1 Å². The van der Waals surface area contributed by atoms with Crippen LogP contribution in [0.3, 0.4) is 0 Å². The first-order chi connectivity index (χ1) is 12.1. The summed E-state index contributed by atoms with van der Waals surface area (Å²) in [6.07, 6.45) is 1.73. The molecule has 0 spiro atoms. The maximum absolute atomic E-state index is 9.50. The zero-order chi connectivity index (χ0) is 17.8. The molecule has 1 aromatic heterocycles. The summed E-state index contributed by atoms with van der Waals surface area (Å²) in [6.45, 7) is 4.08. The van der Waals surface area contributed by atoms with Crippen molar-refractivity contribution in [2.24, 2.45) is 0 Å². The Morgan fingerprint density at radius 1 is 1.20 bits per heavy atom. The molecule has 3 aromatic rings. The molecule has 0 aliphatic rings. The van der Waals surface area contributed by atoms with Crippen LogP contribution in [0.25, 0.3) is 16.8 Å². The number of nitriles is 1. The molecule has 0 aliphatic heterocycles. The normalized spacial score (nSPS) is 11.2. The molecular weight excluding hydrogens is 394 g/mol. The molecule has 2 aromatic carbocycles. The molecule has 0 unspecified atom stereocenters. The molecule has 0 fully saturated rings. The van der Waals surface area contributed by atoms with Crippen molar-refractivity contribution in [1.82, 2.24) is 4.98 Å². The van der Waals surface area contributed by atoms with Crippen molar-refractivity contribution in [2.45, 2.75) is 13.8 Å². The average Bonchev–Trinajstić information content (AvgIpc) is 3.09. The van der Waals surface area contributed by atoms with E-state index in [0.29, 0.717) is 10.6 Å². The van der Waals surface area contributed by atoms with Gasteiger partial charge < -0.3 is 5.32 Å². The van der Waals surface area contributed by atoms with Gasteiger partial charge in [-0.05, 0) is 43.2 Å². The highest BCUT2D eigenvalue weighted by Gasteiger charge is 2.09. The Morgan fingerprint density at radius 2 is 1.96 bits per heavy atom. The lowest BCUT2D eigenvalue weighted by atomic mass is 10.1. The third-order valence-corrected chi connectivity index (χ3v) is 5.16. The number of hydrogen-bond donors (Lipinski definition) is 1. The highest BCUT2D eigenvalue weighted by Crippen LogP contribution is 2.27. The van der Waals surface area contributed by atoms with Gasteiger partial charge in [0.15, 0.2) is 0 Å². The van der Waals surface area contributed by atoms with Crippen LogP contribution < -0.4 is 5.32 Å². The predicted molar refractivity (Wildman–Crippen MR) is 108 cm³/mol.